The number of fused-ring (bicyclic) bond motifs is 5. The van der Waals surface area contributed by atoms with Crippen LogP contribution in [0.3, 0.4) is 0 Å². The zero-order chi connectivity index (χ0) is 31.5. The van der Waals surface area contributed by atoms with Gasteiger partial charge in [-0.1, -0.05) is 68.4 Å². The Hall–Kier alpha value is -4.63. The predicted octanol–water partition coefficient (Wildman–Crippen LogP) is 11.0. The molecular formula is C44H43N3. The van der Waals surface area contributed by atoms with Gasteiger partial charge in [-0.15, -0.1) is 0 Å². The molecule has 3 nitrogen and oxygen atoms in total. The van der Waals surface area contributed by atoms with Gasteiger partial charge in [0, 0.05) is 54.7 Å². The summed E-state index contributed by atoms with van der Waals surface area (Å²) in [5.74, 6) is 0. The summed E-state index contributed by atoms with van der Waals surface area (Å²) in [6, 6.07) is 37.1. The van der Waals surface area contributed by atoms with Gasteiger partial charge in [-0.3, -0.25) is 4.98 Å². The number of hydrogen-bond donors (Lipinski definition) is 0. The molecule has 3 heterocycles. The molecule has 0 amide bonds. The predicted molar refractivity (Wildman–Crippen MR) is 200 cm³/mol. The lowest BCUT2D eigenvalue weighted by atomic mass is 9.80. The summed E-state index contributed by atoms with van der Waals surface area (Å²) in [4.78, 5) is 10.2. The van der Waals surface area contributed by atoms with Crippen LogP contribution in [0.1, 0.15) is 63.5 Å². The normalized spacial score (nSPS) is 17.2. The molecule has 0 saturated carbocycles. The first-order chi connectivity index (χ1) is 23.1. The number of piperidine rings is 2. The molecule has 0 N–H and O–H groups in total. The lowest BCUT2D eigenvalue weighted by molar-refractivity contribution is 0.578. The molecule has 0 spiro atoms. The van der Waals surface area contributed by atoms with Crippen molar-refractivity contribution in [3.8, 4) is 33.5 Å². The van der Waals surface area contributed by atoms with Crippen molar-refractivity contribution in [3.05, 3.63) is 114 Å². The maximum absolute atomic E-state index is 4.97. The van der Waals surface area contributed by atoms with E-state index in [0.29, 0.717) is 0 Å². The summed E-state index contributed by atoms with van der Waals surface area (Å²) in [7, 11) is 0. The summed E-state index contributed by atoms with van der Waals surface area (Å²) in [6.07, 6.45) is 9.66. The van der Waals surface area contributed by atoms with Gasteiger partial charge in [0.25, 0.3) is 0 Å². The average Bonchev–Trinajstić information content (AvgIpc) is 3.36. The second-order valence-corrected chi connectivity index (χ2v) is 14.5. The zero-order valence-electron chi connectivity index (χ0n) is 27.7. The largest absolute Gasteiger partial charge is 0.372 e. The molecule has 6 aromatic rings. The van der Waals surface area contributed by atoms with E-state index in [1.165, 1.54) is 110 Å². The van der Waals surface area contributed by atoms with Gasteiger partial charge in [0.15, 0.2) is 0 Å². The highest BCUT2D eigenvalue weighted by molar-refractivity contribution is 6.22. The summed E-state index contributed by atoms with van der Waals surface area (Å²) < 4.78 is 0. The van der Waals surface area contributed by atoms with E-state index in [1.807, 2.05) is 12.3 Å². The van der Waals surface area contributed by atoms with Crippen LogP contribution in [-0.4, -0.2) is 31.2 Å². The first-order valence-corrected chi connectivity index (χ1v) is 17.8. The smallest absolute Gasteiger partial charge is 0.0714 e. The number of anilines is 2. The first-order valence-electron chi connectivity index (χ1n) is 17.8. The molecule has 1 aliphatic carbocycles. The molecule has 47 heavy (non-hydrogen) atoms. The number of pyridine rings is 1. The third-order valence-electron chi connectivity index (χ3n) is 11.3. The van der Waals surface area contributed by atoms with Crippen molar-refractivity contribution < 1.29 is 0 Å². The number of benzene rings is 5. The van der Waals surface area contributed by atoms with Gasteiger partial charge in [-0.25, -0.2) is 0 Å². The number of hydrogen-bond acceptors (Lipinski definition) is 3. The Labute approximate surface area is 278 Å². The standard InChI is InChI=1S/C44H43N3/c1-44(2)39-14-6-5-13-33(39)34-19-16-30(27-40(34)44)42-35-20-17-32(47-25-11-4-12-26-47)29-38(35)43(41-15-7-8-22-45-41)36-21-18-31(28-37(36)42)46-23-9-3-10-24-46/h5-8,13-22,27-29H,3-4,9-12,23-26H2,1-2H3. The lowest BCUT2D eigenvalue weighted by Crippen LogP contribution is -2.29. The van der Waals surface area contributed by atoms with Crippen LogP contribution in [0.5, 0.6) is 0 Å². The minimum atomic E-state index is -0.0537. The monoisotopic (exact) mass is 613 g/mol. The fraction of sp³-hybridized carbons (Fsp3) is 0.295. The van der Waals surface area contributed by atoms with Crippen molar-refractivity contribution in [1.29, 1.82) is 0 Å². The number of nitrogens with zero attached hydrogens (tertiary/aromatic N) is 3. The van der Waals surface area contributed by atoms with E-state index < -0.39 is 0 Å². The molecule has 3 heteroatoms. The second-order valence-electron chi connectivity index (χ2n) is 14.5. The molecule has 234 valence electrons. The van der Waals surface area contributed by atoms with E-state index in [9.17, 15) is 0 Å². The molecule has 2 fully saturated rings. The highest BCUT2D eigenvalue weighted by atomic mass is 15.1. The van der Waals surface area contributed by atoms with Gasteiger partial charge in [0.2, 0.25) is 0 Å². The van der Waals surface area contributed by atoms with Gasteiger partial charge in [-0.05, 0) is 136 Å². The molecule has 1 aromatic heterocycles. The Bertz CT molecular complexity index is 2130. The van der Waals surface area contributed by atoms with Crippen LogP contribution < -0.4 is 9.80 Å². The zero-order valence-corrected chi connectivity index (χ0v) is 27.7. The highest BCUT2D eigenvalue weighted by Gasteiger charge is 2.35. The molecule has 2 saturated heterocycles. The van der Waals surface area contributed by atoms with Crippen molar-refractivity contribution >= 4 is 32.9 Å². The first kappa shape index (κ1) is 28.6. The fourth-order valence-electron chi connectivity index (χ4n) is 8.86. The summed E-state index contributed by atoms with van der Waals surface area (Å²) >= 11 is 0. The molecule has 0 unspecified atom stereocenters. The average molecular weight is 614 g/mol. The minimum Gasteiger partial charge on any atom is -0.372 e. The van der Waals surface area contributed by atoms with E-state index in [2.05, 4.69) is 115 Å². The summed E-state index contributed by atoms with van der Waals surface area (Å²) in [5, 5.41) is 5.21. The third-order valence-corrected chi connectivity index (χ3v) is 11.3. The Morgan fingerprint density at radius 2 is 1.11 bits per heavy atom. The van der Waals surface area contributed by atoms with Gasteiger partial charge in [0.05, 0.1) is 5.69 Å². The Balaban J connectivity index is 1.35. The van der Waals surface area contributed by atoms with Crippen molar-refractivity contribution in [2.75, 3.05) is 36.0 Å². The van der Waals surface area contributed by atoms with Crippen LogP contribution in [0, 0.1) is 0 Å². The van der Waals surface area contributed by atoms with Crippen molar-refractivity contribution in [1.82, 2.24) is 4.98 Å². The van der Waals surface area contributed by atoms with Crippen LogP contribution in [-0.2, 0) is 5.41 Å². The molecule has 0 bridgehead atoms. The Morgan fingerprint density at radius 3 is 1.77 bits per heavy atom. The molecule has 0 atom stereocenters. The highest BCUT2D eigenvalue weighted by Crippen LogP contribution is 2.51. The molecule has 3 aliphatic rings. The van der Waals surface area contributed by atoms with Gasteiger partial charge in [0.1, 0.15) is 0 Å². The molecule has 0 radical (unpaired) electrons. The van der Waals surface area contributed by atoms with Gasteiger partial charge < -0.3 is 9.80 Å². The van der Waals surface area contributed by atoms with Crippen LogP contribution in [0.4, 0.5) is 11.4 Å². The molecular weight excluding hydrogens is 571 g/mol. The Kier molecular flexibility index (Phi) is 6.85. The topological polar surface area (TPSA) is 19.4 Å². The van der Waals surface area contributed by atoms with E-state index >= 15 is 0 Å². The quantitative estimate of drug-likeness (QED) is 0.184. The number of rotatable bonds is 4. The number of aromatic nitrogens is 1. The van der Waals surface area contributed by atoms with Crippen LogP contribution in [0.25, 0.3) is 55.1 Å². The summed E-state index contributed by atoms with van der Waals surface area (Å²) in [5.41, 5.74) is 13.1. The van der Waals surface area contributed by atoms with E-state index in [1.54, 1.807) is 0 Å². The maximum Gasteiger partial charge on any atom is 0.0714 e. The fourth-order valence-corrected chi connectivity index (χ4v) is 8.86. The van der Waals surface area contributed by atoms with Crippen LogP contribution in [0.15, 0.2) is 103 Å². The van der Waals surface area contributed by atoms with Crippen molar-refractivity contribution in [2.24, 2.45) is 0 Å². The minimum absolute atomic E-state index is 0.0537. The van der Waals surface area contributed by atoms with Crippen LogP contribution in [0.2, 0.25) is 0 Å². The third kappa shape index (κ3) is 4.65. The molecule has 2 aliphatic heterocycles. The van der Waals surface area contributed by atoms with E-state index in [0.717, 1.165) is 31.9 Å². The molecule has 5 aromatic carbocycles. The SMILES string of the molecule is CC1(C)c2ccccc2-c2ccc(-c3c4cc(N5CCCCC5)ccc4c(-c4ccccn4)c4cc(N5CCCCC5)ccc34)cc21. The van der Waals surface area contributed by atoms with Gasteiger partial charge >= 0.3 is 0 Å². The maximum atomic E-state index is 4.97. The van der Waals surface area contributed by atoms with E-state index in [4.69, 9.17) is 4.98 Å². The Morgan fingerprint density at radius 1 is 0.511 bits per heavy atom. The van der Waals surface area contributed by atoms with Crippen molar-refractivity contribution in [2.45, 2.75) is 57.8 Å². The molecule has 9 rings (SSSR count). The van der Waals surface area contributed by atoms with E-state index in [-0.39, 0.29) is 5.41 Å². The van der Waals surface area contributed by atoms with Crippen molar-refractivity contribution in [3.63, 3.8) is 0 Å². The lowest BCUT2D eigenvalue weighted by Gasteiger charge is -2.30. The van der Waals surface area contributed by atoms with Gasteiger partial charge in [-0.2, -0.15) is 0 Å². The second kappa shape index (κ2) is 11.3. The van der Waals surface area contributed by atoms with Crippen LogP contribution >= 0.6 is 0 Å². The summed E-state index contributed by atoms with van der Waals surface area (Å²) in [6.45, 7) is 9.30.